The van der Waals surface area contributed by atoms with Crippen molar-refractivity contribution in [1.29, 1.82) is 0 Å². The van der Waals surface area contributed by atoms with Crippen LogP contribution in [0.1, 0.15) is 31.4 Å². The molecule has 0 radical (unpaired) electrons. The predicted molar refractivity (Wildman–Crippen MR) is 58.0 cm³/mol. The van der Waals surface area contributed by atoms with E-state index in [1.165, 1.54) is 5.56 Å². The molecular weight excluding hydrogens is 177 g/mol. The lowest BCUT2D eigenvalue weighted by Crippen LogP contribution is -2.28. The zero-order chi connectivity index (χ0) is 10.6. The molecule has 0 aromatic heterocycles. The van der Waals surface area contributed by atoms with Crippen molar-refractivity contribution in [3.63, 3.8) is 0 Å². The Morgan fingerprint density at radius 1 is 1.21 bits per heavy atom. The molecule has 1 aromatic rings. The second-order valence-electron chi connectivity index (χ2n) is 4.21. The first kappa shape index (κ1) is 11.2. The van der Waals surface area contributed by atoms with Crippen LogP contribution in [0.3, 0.4) is 0 Å². The van der Waals surface area contributed by atoms with Crippen molar-refractivity contribution in [2.45, 2.75) is 32.2 Å². The van der Waals surface area contributed by atoms with Gasteiger partial charge < -0.3 is 5.73 Å². The summed E-state index contributed by atoms with van der Waals surface area (Å²) in [6, 6.07) is 8.10. The molecule has 1 nitrogen and oxygen atoms in total. The van der Waals surface area contributed by atoms with E-state index in [0.717, 1.165) is 12.0 Å². The van der Waals surface area contributed by atoms with Gasteiger partial charge in [0.15, 0.2) is 0 Å². The predicted octanol–water partition coefficient (Wildman–Crippen LogP) is 2.78. The van der Waals surface area contributed by atoms with Crippen LogP contribution < -0.4 is 5.73 Å². The number of nitrogens with two attached hydrogens (primary N) is 1. The Bertz CT molecular complexity index is 271. The van der Waals surface area contributed by atoms with Crippen LogP contribution in [0.2, 0.25) is 0 Å². The van der Waals surface area contributed by atoms with E-state index >= 15 is 0 Å². The third-order valence-corrected chi connectivity index (χ3v) is 2.30. The van der Waals surface area contributed by atoms with Crippen LogP contribution in [0.5, 0.6) is 0 Å². The maximum Gasteiger partial charge on any atom is 0.0897 e. The van der Waals surface area contributed by atoms with Gasteiger partial charge in [-0.1, -0.05) is 24.3 Å². The van der Waals surface area contributed by atoms with E-state index in [0.29, 0.717) is 6.42 Å². The minimum absolute atomic E-state index is 0.246. The molecule has 0 saturated heterocycles. The van der Waals surface area contributed by atoms with Gasteiger partial charge in [0, 0.05) is 5.54 Å². The molecule has 0 aliphatic carbocycles. The van der Waals surface area contributed by atoms with Crippen LogP contribution in [-0.2, 0) is 12.0 Å². The summed E-state index contributed by atoms with van der Waals surface area (Å²) in [5, 5.41) is 0. The van der Waals surface area contributed by atoms with Gasteiger partial charge in [-0.3, -0.25) is 4.39 Å². The molecule has 2 N–H and O–H groups in total. The van der Waals surface area contributed by atoms with Crippen molar-refractivity contribution >= 4 is 0 Å². The maximum atomic E-state index is 11.9. The first-order valence-electron chi connectivity index (χ1n) is 4.98. The average Bonchev–Trinajstić information content (AvgIpc) is 2.14. The second kappa shape index (κ2) is 4.56. The monoisotopic (exact) mass is 195 g/mol. The molecule has 1 aromatic carbocycles. The molecule has 0 aliphatic rings. The van der Waals surface area contributed by atoms with Crippen LogP contribution in [0, 0.1) is 0 Å². The smallest absolute Gasteiger partial charge is 0.0897 e. The lowest BCUT2D eigenvalue weighted by Gasteiger charge is -2.19. The summed E-state index contributed by atoms with van der Waals surface area (Å²) in [7, 11) is 0. The fourth-order valence-corrected chi connectivity index (χ4v) is 1.37. The number of hydrogen-bond donors (Lipinski definition) is 1. The Labute approximate surface area is 85.1 Å². The van der Waals surface area contributed by atoms with Crippen LogP contribution >= 0.6 is 0 Å². The molecule has 0 amide bonds. The molecule has 0 aliphatic heterocycles. The van der Waals surface area contributed by atoms with Crippen molar-refractivity contribution in [3.05, 3.63) is 35.4 Å². The van der Waals surface area contributed by atoms with Crippen LogP contribution in [0.25, 0.3) is 0 Å². The van der Waals surface area contributed by atoms with Gasteiger partial charge in [0.05, 0.1) is 6.67 Å². The zero-order valence-electron chi connectivity index (χ0n) is 8.89. The highest BCUT2D eigenvalue weighted by Crippen LogP contribution is 2.17. The van der Waals surface area contributed by atoms with Gasteiger partial charge in [0.1, 0.15) is 0 Å². The normalized spacial score (nSPS) is 11.7. The van der Waals surface area contributed by atoms with E-state index in [1.807, 2.05) is 38.1 Å². The van der Waals surface area contributed by atoms with E-state index in [1.54, 1.807) is 0 Å². The Morgan fingerprint density at radius 3 is 2.21 bits per heavy atom. The first-order valence-corrected chi connectivity index (χ1v) is 4.98. The van der Waals surface area contributed by atoms with Crippen molar-refractivity contribution in [2.24, 2.45) is 5.73 Å². The van der Waals surface area contributed by atoms with E-state index in [4.69, 9.17) is 5.73 Å². The molecule has 0 fully saturated rings. The molecule has 0 heterocycles. The van der Waals surface area contributed by atoms with Crippen molar-refractivity contribution in [2.75, 3.05) is 6.67 Å². The van der Waals surface area contributed by atoms with Crippen molar-refractivity contribution in [3.8, 4) is 0 Å². The molecule has 0 atom stereocenters. The quantitative estimate of drug-likeness (QED) is 0.785. The number of rotatable bonds is 4. The summed E-state index contributed by atoms with van der Waals surface area (Å²) < 4.78 is 11.9. The van der Waals surface area contributed by atoms with E-state index in [9.17, 15) is 4.39 Å². The van der Waals surface area contributed by atoms with Gasteiger partial charge >= 0.3 is 0 Å². The summed E-state index contributed by atoms with van der Waals surface area (Å²) in [6.07, 6.45) is 1.41. The van der Waals surface area contributed by atoms with Gasteiger partial charge in [-0.05, 0) is 37.8 Å². The third kappa shape index (κ3) is 3.11. The Morgan fingerprint density at radius 2 is 1.79 bits per heavy atom. The van der Waals surface area contributed by atoms with Crippen LogP contribution in [0.15, 0.2) is 24.3 Å². The summed E-state index contributed by atoms with van der Waals surface area (Å²) in [4.78, 5) is 0. The molecular formula is C12H18FN. The number of benzene rings is 1. The largest absolute Gasteiger partial charge is 0.322 e. The lowest BCUT2D eigenvalue weighted by atomic mass is 9.94. The summed E-state index contributed by atoms with van der Waals surface area (Å²) in [5.41, 5.74) is 7.94. The highest BCUT2D eigenvalue weighted by atomic mass is 19.1. The van der Waals surface area contributed by atoms with Gasteiger partial charge in [-0.15, -0.1) is 0 Å². The molecule has 0 spiro atoms. The van der Waals surface area contributed by atoms with Gasteiger partial charge in [-0.2, -0.15) is 0 Å². The SMILES string of the molecule is CC(C)(N)c1ccc(CCCF)cc1. The highest BCUT2D eigenvalue weighted by Gasteiger charge is 2.12. The molecule has 0 saturated carbocycles. The number of aryl methyl sites for hydroxylation is 1. The Balaban J connectivity index is 2.69. The fraction of sp³-hybridized carbons (Fsp3) is 0.500. The number of hydrogen-bond acceptors (Lipinski definition) is 1. The van der Waals surface area contributed by atoms with Gasteiger partial charge in [-0.25, -0.2) is 0 Å². The summed E-state index contributed by atoms with van der Waals surface area (Å²) in [5.74, 6) is 0. The third-order valence-electron chi connectivity index (χ3n) is 2.30. The van der Waals surface area contributed by atoms with Crippen molar-refractivity contribution in [1.82, 2.24) is 0 Å². The van der Waals surface area contributed by atoms with E-state index in [-0.39, 0.29) is 12.2 Å². The number of alkyl halides is 1. The van der Waals surface area contributed by atoms with E-state index < -0.39 is 0 Å². The zero-order valence-corrected chi connectivity index (χ0v) is 8.89. The van der Waals surface area contributed by atoms with Gasteiger partial charge in [0.2, 0.25) is 0 Å². The molecule has 0 unspecified atom stereocenters. The van der Waals surface area contributed by atoms with Crippen LogP contribution in [-0.4, -0.2) is 6.67 Å². The molecule has 2 heteroatoms. The fourth-order valence-electron chi connectivity index (χ4n) is 1.37. The lowest BCUT2D eigenvalue weighted by molar-refractivity contribution is 0.473. The minimum atomic E-state index is -0.293. The molecule has 0 bridgehead atoms. The Hall–Kier alpha value is -0.890. The van der Waals surface area contributed by atoms with Gasteiger partial charge in [0.25, 0.3) is 0 Å². The summed E-state index contributed by atoms with van der Waals surface area (Å²) >= 11 is 0. The summed E-state index contributed by atoms with van der Waals surface area (Å²) in [6.45, 7) is 3.71. The van der Waals surface area contributed by atoms with Crippen LogP contribution in [0.4, 0.5) is 4.39 Å². The van der Waals surface area contributed by atoms with Crippen molar-refractivity contribution < 1.29 is 4.39 Å². The standard InChI is InChI=1S/C12H18FN/c1-12(2,14)11-7-5-10(6-8-11)4-3-9-13/h5-8H,3-4,9,14H2,1-2H3. The molecule has 14 heavy (non-hydrogen) atoms. The molecule has 1 rings (SSSR count). The van der Waals surface area contributed by atoms with E-state index in [2.05, 4.69) is 0 Å². The second-order valence-corrected chi connectivity index (χ2v) is 4.21. The highest BCUT2D eigenvalue weighted by molar-refractivity contribution is 5.27. The first-order chi connectivity index (χ1) is 6.54. The number of halogens is 1. The average molecular weight is 195 g/mol. The molecule has 78 valence electrons. The maximum absolute atomic E-state index is 11.9. The Kier molecular flexibility index (Phi) is 3.64. The minimum Gasteiger partial charge on any atom is -0.322 e. The topological polar surface area (TPSA) is 26.0 Å².